The van der Waals surface area contributed by atoms with Crippen molar-refractivity contribution in [3.05, 3.63) is 76.2 Å². The standard InChI is InChI=1S/C25H23ClN2O5/c1-14-20(26)11-19(25(31)32)21(22(14)27)23(29)17-6-3-8-28(12-17)24(30)16-5-2-4-15(10-16)18-7-9-33-13-18/h2,4-5,7,9-11,13,17H,3,6,8,12,27H2,1H3,(H,31,32). The number of piperidine rings is 1. The van der Waals surface area contributed by atoms with Crippen LogP contribution in [0.2, 0.25) is 5.02 Å². The number of hydrogen-bond donors (Lipinski definition) is 2. The Morgan fingerprint density at radius 1 is 1.18 bits per heavy atom. The van der Waals surface area contributed by atoms with Gasteiger partial charge >= 0.3 is 5.97 Å². The predicted octanol–water partition coefficient (Wildman–Crippen LogP) is 4.92. The zero-order valence-electron chi connectivity index (χ0n) is 18.0. The molecule has 0 saturated carbocycles. The van der Waals surface area contributed by atoms with Gasteiger partial charge in [0, 0.05) is 40.8 Å². The molecule has 0 radical (unpaired) electrons. The maximum absolute atomic E-state index is 13.4. The minimum atomic E-state index is -1.27. The van der Waals surface area contributed by atoms with Crippen LogP contribution in [0, 0.1) is 12.8 Å². The summed E-state index contributed by atoms with van der Waals surface area (Å²) in [6.07, 6.45) is 4.34. The third kappa shape index (κ3) is 4.36. The highest BCUT2D eigenvalue weighted by molar-refractivity contribution is 6.32. The average molecular weight is 467 g/mol. The number of carbonyl (C=O) groups excluding carboxylic acids is 2. The highest BCUT2D eigenvalue weighted by Gasteiger charge is 2.33. The Bertz CT molecular complexity index is 1240. The van der Waals surface area contributed by atoms with Crippen LogP contribution in [-0.4, -0.2) is 40.8 Å². The summed E-state index contributed by atoms with van der Waals surface area (Å²) in [4.78, 5) is 40.0. The Hall–Kier alpha value is -3.58. The molecule has 170 valence electrons. The van der Waals surface area contributed by atoms with Crippen molar-refractivity contribution < 1.29 is 23.9 Å². The van der Waals surface area contributed by atoms with Crippen molar-refractivity contribution in [3.63, 3.8) is 0 Å². The smallest absolute Gasteiger partial charge is 0.336 e. The normalized spacial score (nSPS) is 15.9. The summed E-state index contributed by atoms with van der Waals surface area (Å²) in [5.41, 5.74) is 8.63. The van der Waals surface area contributed by atoms with Gasteiger partial charge in [-0.1, -0.05) is 23.7 Å². The first kappa shape index (κ1) is 22.6. The number of nitrogens with two attached hydrogens (primary N) is 1. The lowest BCUT2D eigenvalue weighted by atomic mass is 9.86. The summed E-state index contributed by atoms with van der Waals surface area (Å²) < 4.78 is 5.13. The van der Waals surface area contributed by atoms with E-state index in [1.807, 2.05) is 12.1 Å². The molecule has 33 heavy (non-hydrogen) atoms. The summed E-state index contributed by atoms with van der Waals surface area (Å²) in [7, 11) is 0. The third-order valence-corrected chi connectivity index (χ3v) is 6.48. The fourth-order valence-corrected chi connectivity index (χ4v) is 4.44. The summed E-state index contributed by atoms with van der Waals surface area (Å²) >= 11 is 6.09. The van der Waals surface area contributed by atoms with Gasteiger partial charge in [-0.05, 0) is 55.2 Å². The van der Waals surface area contributed by atoms with Gasteiger partial charge in [0.05, 0.1) is 23.7 Å². The summed E-state index contributed by atoms with van der Waals surface area (Å²) in [5.74, 6) is -2.39. The number of furan rings is 1. The number of likely N-dealkylation sites (tertiary alicyclic amines) is 1. The molecular weight excluding hydrogens is 444 g/mol. The lowest BCUT2D eigenvalue weighted by Crippen LogP contribution is -2.42. The number of ketones is 1. The van der Waals surface area contributed by atoms with Crippen LogP contribution in [0.1, 0.15) is 49.5 Å². The number of carbonyl (C=O) groups is 3. The van der Waals surface area contributed by atoms with E-state index in [9.17, 15) is 19.5 Å². The highest BCUT2D eigenvalue weighted by atomic mass is 35.5. The second-order valence-electron chi connectivity index (χ2n) is 8.17. The predicted molar refractivity (Wildman–Crippen MR) is 125 cm³/mol. The van der Waals surface area contributed by atoms with Gasteiger partial charge in [0.25, 0.3) is 5.91 Å². The van der Waals surface area contributed by atoms with E-state index in [4.69, 9.17) is 21.8 Å². The van der Waals surface area contributed by atoms with Crippen LogP contribution in [0.5, 0.6) is 0 Å². The van der Waals surface area contributed by atoms with Crippen LogP contribution < -0.4 is 5.73 Å². The van der Waals surface area contributed by atoms with E-state index in [1.165, 1.54) is 6.07 Å². The van der Waals surface area contributed by atoms with Gasteiger partial charge < -0.3 is 20.2 Å². The van der Waals surface area contributed by atoms with E-state index < -0.39 is 11.9 Å². The minimum absolute atomic E-state index is 0.0364. The number of Topliss-reactive ketones (excluding diaryl/α,β-unsaturated/α-hetero) is 1. The van der Waals surface area contributed by atoms with Gasteiger partial charge in [-0.3, -0.25) is 9.59 Å². The molecule has 2 aromatic carbocycles. The Balaban J connectivity index is 1.59. The monoisotopic (exact) mass is 466 g/mol. The van der Waals surface area contributed by atoms with Crippen molar-refractivity contribution in [2.24, 2.45) is 5.92 Å². The molecule has 1 fully saturated rings. The van der Waals surface area contributed by atoms with Crippen LogP contribution in [0.3, 0.4) is 0 Å². The molecule has 3 aromatic rings. The van der Waals surface area contributed by atoms with E-state index in [-0.39, 0.29) is 40.1 Å². The molecular formula is C25H23ClN2O5. The number of halogens is 1. The van der Waals surface area contributed by atoms with Gasteiger partial charge in [-0.15, -0.1) is 0 Å². The fourth-order valence-electron chi connectivity index (χ4n) is 4.23. The first-order chi connectivity index (χ1) is 15.8. The third-order valence-electron chi connectivity index (χ3n) is 6.09. The Morgan fingerprint density at radius 3 is 2.67 bits per heavy atom. The molecule has 0 bridgehead atoms. The van der Waals surface area contributed by atoms with Crippen LogP contribution >= 0.6 is 11.6 Å². The van der Waals surface area contributed by atoms with Gasteiger partial charge in [-0.25, -0.2) is 4.79 Å². The maximum atomic E-state index is 13.4. The van der Waals surface area contributed by atoms with Gasteiger partial charge in [0.2, 0.25) is 0 Å². The molecule has 1 atom stereocenters. The van der Waals surface area contributed by atoms with E-state index in [2.05, 4.69) is 0 Å². The van der Waals surface area contributed by atoms with Crippen LogP contribution in [0.15, 0.2) is 53.3 Å². The van der Waals surface area contributed by atoms with Gasteiger partial charge in [-0.2, -0.15) is 0 Å². The van der Waals surface area contributed by atoms with Crippen molar-refractivity contribution in [2.45, 2.75) is 19.8 Å². The molecule has 1 aromatic heterocycles. The lowest BCUT2D eigenvalue weighted by molar-refractivity contribution is 0.0625. The molecule has 1 aliphatic rings. The largest absolute Gasteiger partial charge is 0.478 e. The quantitative estimate of drug-likeness (QED) is 0.407. The minimum Gasteiger partial charge on any atom is -0.478 e. The Morgan fingerprint density at radius 2 is 1.97 bits per heavy atom. The number of aromatic carboxylic acids is 1. The topological polar surface area (TPSA) is 114 Å². The first-order valence-electron chi connectivity index (χ1n) is 10.6. The van der Waals surface area contributed by atoms with E-state index in [0.717, 1.165) is 11.1 Å². The van der Waals surface area contributed by atoms with Gasteiger partial charge in [0.1, 0.15) is 0 Å². The molecule has 8 heteroatoms. The molecule has 0 aliphatic carbocycles. The molecule has 1 saturated heterocycles. The Kier molecular flexibility index (Phi) is 6.24. The average Bonchev–Trinajstić information content (AvgIpc) is 3.36. The summed E-state index contributed by atoms with van der Waals surface area (Å²) in [6.45, 7) is 2.34. The molecule has 4 rings (SSSR count). The number of nitrogen functional groups attached to an aromatic ring is 1. The maximum Gasteiger partial charge on any atom is 0.336 e. The second-order valence-corrected chi connectivity index (χ2v) is 8.58. The van der Waals surface area contributed by atoms with Crippen LogP contribution in [0.25, 0.3) is 11.1 Å². The summed E-state index contributed by atoms with van der Waals surface area (Å²) in [6, 6.07) is 10.3. The molecule has 1 unspecified atom stereocenters. The van der Waals surface area contributed by atoms with Crippen LogP contribution in [0.4, 0.5) is 5.69 Å². The number of anilines is 1. The zero-order chi connectivity index (χ0) is 23.7. The van der Waals surface area contributed by atoms with E-state index >= 15 is 0 Å². The summed E-state index contributed by atoms with van der Waals surface area (Å²) in [5, 5.41) is 9.80. The van der Waals surface area contributed by atoms with Crippen molar-refractivity contribution in [3.8, 4) is 11.1 Å². The fraction of sp³-hybridized carbons (Fsp3) is 0.240. The van der Waals surface area contributed by atoms with Crippen molar-refractivity contribution >= 4 is 34.9 Å². The highest BCUT2D eigenvalue weighted by Crippen LogP contribution is 2.33. The number of nitrogens with zero attached hydrogens (tertiary/aromatic N) is 1. The number of rotatable bonds is 5. The number of benzene rings is 2. The SMILES string of the molecule is Cc1c(Cl)cc(C(=O)O)c(C(=O)C2CCCN(C(=O)c3cccc(-c4ccoc4)c3)C2)c1N. The molecule has 3 N–H and O–H groups in total. The van der Waals surface area contributed by atoms with E-state index in [0.29, 0.717) is 30.5 Å². The van der Waals surface area contributed by atoms with Gasteiger partial charge in [0.15, 0.2) is 5.78 Å². The van der Waals surface area contributed by atoms with Crippen LogP contribution in [-0.2, 0) is 0 Å². The molecule has 1 aliphatic heterocycles. The van der Waals surface area contributed by atoms with Crippen molar-refractivity contribution in [2.75, 3.05) is 18.8 Å². The zero-order valence-corrected chi connectivity index (χ0v) is 18.8. The Labute approximate surface area is 195 Å². The second kappa shape index (κ2) is 9.11. The number of carboxylic acids is 1. The molecule has 2 heterocycles. The first-order valence-corrected chi connectivity index (χ1v) is 10.9. The molecule has 7 nitrogen and oxygen atoms in total. The van der Waals surface area contributed by atoms with Crippen molar-refractivity contribution in [1.82, 2.24) is 4.90 Å². The molecule has 1 amide bonds. The van der Waals surface area contributed by atoms with E-state index in [1.54, 1.807) is 42.5 Å². The number of amides is 1. The number of hydrogen-bond acceptors (Lipinski definition) is 5. The lowest BCUT2D eigenvalue weighted by Gasteiger charge is -2.32. The molecule has 0 spiro atoms. The van der Waals surface area contributed by atoms with Crippen molar-refractivity contribution in [1.29, 1.82) is 0 Å². The number of carboxylic acid groups (broad SMARTS) is 1.